The quantitative estimate of drug-likeness (QED) is 0.759. The standard InChI is InChI=1S/C13H22N2O4/c1-13(3-2-4-14-9-13)12(18)15-5-6-19-10(8-15)7-11(16)17/h10,14H,2-9H2,1H3,(H,16,17). The largest absolute Gasteiger partial charge is 0.481 e. The molecular formula is C13H22N2O4. The van der Waals surface area contributed by atoms with Gasteiger partial charge in [-0.25, -0.2) is 0 Å². The molecule has 2 atom stereocenters. The SMILES string of the molecule is CC1(C(=O)N2CCOC(CC(=O)O)C2)CCCNC1. The second kappa shape index (κ2) is 5.88. The molecule has 2 rings (SSSR count). The Balaban J connectivity index is 1.96. The maximum atomic E-state index is 12.6. The van der Waals surface area contributed by atoms with Crippen molar-refractivity contribution < 1.29 is 19.4 Å². The zero-order chi connectivity index (χ0) is 13.9. The van der Waals surface area contributed by atoms with Crippen molar-refractivity contribution >= 4 is 11.9 Å². The highest BCUT2D eigenvalue weighted by Gasteiger charge is 2.39. The van der Waals surface area contributed by atoms with Crippen LogP contribution < -0.4 is 5.32 Å². The van der Waals surface area contributed by atoms with E-state index in [1.54, 1.807) is 4.90 Å². The second-order valence-electron chi connectivity index (χ2n) is 5.68. The third-order valence-electron chi connectivity index (χ3n) is 3.94. The summed E-state index contributed by atoms with van der Waals surface area (Å²) in [6, 6.07) is 0. The summed E-state index contributed by atoms with van der Waals surface area (Å²) >= 11 is 0. The molecule has 0 aromatic heterocycles. The first kappa shape index (κ1) is 14.3. The van der Waals surface area contributed by atoms with Crippen molar-refractivity contribution in [2.45, 2.75) is 32.3 Å². The van der Waals surface area contributed by atoms with E-state index in [9.17, 15) is 9.59 Å². The Kier molecular flexibility index (Phi) is 4.42. The van der Waals surface area contributed by atoms with Crippen molar-refractivity contribution in [1.82, 2.24) is 10.2 Å². The molecule has 2 unspecified atom stereocenters. The number of nitrogens with one attached hydrogen (secondary N) is 1. The molecule has 6 heteroatoms. The van der Waals surface area contributed by atoms with Gasteiger partial charge in [0.25, 0.3) is 0 Å². The number of ether oxygens (including phenoxy) is 1. The van der Waals surface area contributed by atoms with Crippen LogP contribution in [0.15, 0.2) is 0 Å². The first-order valence-electron chi connectivity index (χ1n) is 6.85. The van der Waals surface area contributed by atoms with Gasteiger partial charge in [0.15, 0.2) is 0 Å². The third-order valence-corrected chi connectivity index (χ3v) is 3.94. The van der Waals surface area contributed by atoms with Crippen molar-refractivity contribution in [2.75, 3.05) is 32.8 Å². The average Bonchev–Trinajstić information content (AvgIpc) is 2.38. The van der Waals surface area contributed by atoms with Crippen LogP contribution in [-0.4, -0.2) is 60.8 Å². The molecule has 0 aliphatic carbocycles. The Morgan fingerprint density at radius 2 is 2.32 bits per heavy atom. The van der Waals surface area contributed by atoms with E-state index < -0.39 is 5.97 Å². The van der Waals surface area contributed by atoms with Crippen molar-refractivity contribution in [1.29, 1.82) is 0 Å². The number of piperidine rings is 1. The number of nitrogens with zero attached hydrogens (tertiary/aromatic N) is 1. The van der Waals surface area contributed by atoms with Gasteiger partial charge in [-0.05, 0) is 26.3 Å². The second-order valence-corrected chi connectivity index (χ2v) is 5.68. The molecule has 2 fully saturated rings. The number of carboxylic acids is 1. The highest BCUT2D eigenvalue weighted by Crippen LogP contribution is 2.29. The number of carbonyl (C=O) groups is 2. The molecule has 19 heavy (non-hydrogen) atoms. The van der Waals surface area contributed by atoms with Crippen LogP contribution in [0.4, 0.5) is 0 Å². The van der Waals surface area contributed by atoms with Crippen LogP contribution in [0.1, 0.15) is 26.2 Å². The van der Waals surface area contributed by atoms with Crippen LogP contribution in [0.25, 0.3) is 0 Å². The van der Waals surface area contributed by atoms with E-state index in [4.69, 9.17) is 9.84 Å². The summed E-state index contributed by atoms with van der Waals surface area (Å²) in [7, 11) is 0. The van der Waals surface area contributed by atoms with E-state index in [0.29, 0.717) is 26.2 Å². The molecule has 0 radical (unpaired) electrons. The highest BCUT2D eigenvalue weighted by atomic mass is 16.5. The van der Waals surface area contributed by atoms with Crippen LogP contribution >= 0.6 is 0 Å². The molecular weight excluding hydrogens is 248 g/mol. The van der Waals surface area contributed by atoms with E-state index in [2.05, 4.69) is 5.32 Å². The van der Waals surface area contributed by atoms with Gasteiger partial charge in [0, 0.05) is 19.6 Å². The van der Waals surface area contributed by atoms with Gasteiger partial charge in [-0.2, -0.15) is 0 Å². The predicted octanol–water partition coefficient (Wildman–Crippen LogP) is 0.0782. The third kappa shape index (κ3) is 3.45. The van der Waals surface area contributed by atoms with Crippen LogP contribution in [0.3, 0.4) is 0 Å². The summed E-state index contributed by atoms with van der Waals surface area (Å²) in [5.74, 6) is -0.761. The monoisotopic (exact) mass is 270 g/mol. The fourth-order valence-corrected chi connectivity index (χ4v) is 2.84. The van der Waals surface area contributed by atoms with Crippen LogP contribution in [-0.2, 0) is 14.3 Å². The maximum Gasteiger partial charge on any atom is 0.306 e. The van der Waals surface area contributed by atoms with E-state index in [-0.39, 0.29) is 23.8 Å². The zero-order valence-electron chi connectivity index (χ0n) is 11.4. The first-order chi connectivity index (χ1) is 9.01. The molecule has 2 N–H and O–H groups in total. The molecule has 0 aromatic rings. The summed E-state index contributed by atoms with van der Waals surface area (Å²) in [5.41, 5.74) is -0.358. The predicted molar refractivity (Wildman–Crippen MR) is 68.8 cm³/mol. The Bertz CT molecular complexity index is 353. The van der Waals surface area contributed by atoms with Gasteiger partial charge in [-0.1, -0.05) is 0 Å². The number of rotatable bonds is 3. The summed E-state index contributed by atoms with van der Waals surface area (Å²) in [6.07, 6.45) is 1.47. The summed E-state index contributed by atoms with van der Waals surface area (Å²) in [4.78, 5) is 25.1. The van der Waals surface area contributed by atoms with Crippen molar-refractivity contribution in [3.05, 3.63) is 0 Å². The van der Waals surface area contributed by atoms with Crippen molar-refractivity contribution in [2.24, 2.45) is 5.41 Å². The normalized spacial score (nSPS) is 32.1. The van der Waals surface area contributed by atoms with Crippen molar-refractivity contribution in [3.63, 3.8) is 0 Å². The minimum Gasteiger partial charge on any atom is -0.481 e. The number of aliphatic carboxylic acids is 1. The molecule has 6 nitrogen and oxygen atoms in total. The summed E-state index contributed by atoms with van der Waals surface area (Å²) < 4.78 is 5.40. The molecule has 0 aromatic carbocycles. The van der Waals surface area contributed by atoms with E-state index in [0.717, 1.165) is 19.4 Å². The van der Waals surface area contributed by atoms with Crippen LogP contribution in [0.5, 0.6) is 0 Å². The van der Waals surface area contributed by atoms with Gasteiger partial charge in [0.1, 0.15) is 0 Å². The van der Waals surface area contributed by atoms with Crippen LogP contribution in [0, 0.1) is 5.41 Å². The smallest absolute Gasteiger partial charge is 0.306 e. The molecule has 2 heterocycles. The number of carbonyl (C=O) groups excluding carboxylic acids is 1. The van der Waals surface area contributed by atoms with Crippen LogP contribution in [0.2, 0.25) is 0 Å². The van der Waals surface area contributed by atoms with E-state index in [1.807, 2.05) is 6.92 Å². The molecule has 108 valence electrons. The minimum atomic E-state index is -0.884. The minimum absolute atomic E-state index is 0.0429. The van der Waals surface area contributed by atoms with Crippen molar-refractivity contribution in [3.8, 4) is 0 Å². The van der Waals surface area contributed by atoms with E-state index in [1.165, 1.54) is 0 Å². The lowest BCUT2D eigenvalue weighted by atomic mass is 9.81. The zero-order valence-corrected chi connectivity index (χ0v) is 11.4. The van der Waals surface area contributed by atoms with Gasteiger partial charge in [0.2, 0.25) is 5.91 Å². The molecule has 1 amide bonds. The van der Waals surface area contributed by atoms with Gasteiger partial charge in [-0.3, -0.25) is 9.59 Å². The lowest BCUT2D eigenvalue weighted by molar-refractivity contribution is -0.154. The van der Waals surface area contributed by atoms with Gasteiger partial charge >= 0.3 is 5.97 Å². The van der Waals surface area contributed by atoms with Gasteiger partial charge < -0.3 is 20.1 Å². The number of carboxylic acid groups (broad SMARTS) is 1. The molecule has 2 saturated heterocycles. The molecule has 2 aliphatic heterocycles. The lowest BCUT2D eigenvalue weighted by Crippen LogP contribution is -2.54. The number of morpholine rings is 1. The summed E-state index contributed by atoms with van der Waals surface area (Å²) in [5, 5.41) is 12.1. The Morgan fingerprint density at radius 1 is 1.53 bits per heavy atom. The van der Waals surface area contributed by atoms with E-state index >= 15 is 0 Å². The molecule has 2 aliphatic rings. The highest BCUT2D eigenvalue weighted by molar-refractivity contribution is 5.83. The summed E-state index contributed by atoms with van der Waals surface area (Å²) in [6.45, 7) is 5.03. The molecule has 0 spiro atoms. The lowest BCUT2D eigenvalue weighted by Gasteiger charge is -2.40. The molecule has 0 bridgehead atoms. The number of hydrogen-bond donors (Lipinski definition) is 2. The van der Waals surface area contributed by atoms with Gasteiger partial charge in [0.05, 0.1) is 24.5 Å². The molecule has 0 saturated carbocycles. The average molecular weight is 270 g/mol. The number of amides is 1. The first-order valence-corrected chi connectivity index (χ1v) is 6.85. The van der Waals surface area contributed by atoms with Gasteiger partial charge in [-0.15, -0.1) is 0 Å². The fraction of sp³-hybridized carbons (Fsp3) is 0.846. The number of hydrogen-bond acceptors (Lipinski definition) is 4. The Labute approximate surface area is 113 Å². The fourth-order valence-electron chi connectivity index (χ4n) is 2.84. The Hall–Kier alpha value is -1.14. The topological polar surface area (TPSA) is 78.9 Å². The maximum absolute atomic E-state index is 12.6. The Morgan fingerprint density at radius 3 is 2.95 bits per heavy atom.